The Labute approximate surface area is 138 Å². The Kier molecular flexibility index (Phi) is 3.45. The molecule has 1 amide bonds. The molecule has 118 valence electrons. The lowest BCUT2D eigenvalue weighted by Crippen LogP contribution is -2.53. The van der Waals surface area contributed by atoms with E-state index in [9.17, 15) is 9.59 Å². The summed E-state index contributed by atoms with van der Waals surface area (Å²) in [6, 6.07) is 10.6. The molecule has 0 bridgehead atoms. The van der Waals surface area contributed by atoms with Gasteiger partial charge in [0.15, 0.2) is 0 Å². The van der Waals surface area contributed by atoms with Crippen LogP contribution in [-0.2, 0) is 4.79 Å². The highest BCUT2D eigenvalue weighted by atomic mass is 35.5. The van der Waals surface area contributed by atoms with E-state index in [1.165, 1.54) is 10.7 Å². The maximum atomic E-state index is 12.1. The minimum atomic E-state index is -0.133. The number of hydrogen-bond acceptors (Lipinski definition) is 3. The summed E-state index contributed by atoms with van der Waals surface area (Å²) in [5.74, 6) is 0.448. The van der Waals surface area contributed by atoms with Crippen LogP contribution in [0, 0.1) is 5.92 Å². The maximum Gasteiger partial charge on any atom is 0.267 e. The normalized spacial score (nSPS) is 17.9. The predicted octanol–water partition coefficient (Wildman–Crippen LogP) is 2.36. The smallest absolute Gasteiger partial charge is 0.267 e. The summed E-state index contributed by atoms with van der Waals surface area (Å²) in [5.41, 5.74) is 1.51. The average Bonchev–Trinajstić information content (AvgIpc) is 3.33. The second kappa shape index (κ2) is 5.49. The fraction of sp³-hybridized carbons (Fsp3) is 0.353. The zero-order valence-electron chi connectivity index (χ0n) is 12.5. The number of hydrogen-bond donors (Lipinski definition) is 0. The molecular weight excluding hydrogens is 314 g/mol. The number of aromatic nitrogens is 2. The highest BCUT2D eigenvalue weighted by Gasteiger charge is 2.40. The first-order valence-corrected chi connectivity index (χ1v) is 8.14. The first kappa shape index (κ1) is 14.5. The monoisotopic (exact) mass is 329 g/mol. The van der Waals surface area contributed by atoms with Gasteiger partial charge in [0.2, 0.25) is 5.91 Å². The van der Waals surface area contributed by atoms with Crippen LogP contribution >= 0.6 is 11.6 Å². The number of likely N-dealkylation sites (tertiary alicyclic amines) is 1. The molecule has 0 unspecified atom stereocenters. The van der Waals surface area contributed by atoms with E-state index < -0.39 is 0 Å². The summed E-state index contributed by atoms with van der Waals surface area (Å²) in [5, 5.41) is 5.13. The highest BCUT2D eigenvalue weighted by Crippen LogP contribution is 2.34. The number of halogens is 1. The lowest BCUT2D eigenvalue weighted by Gasteiger charge is -2.39. The fourth-order valence-corrected chi connectivity index (χ4v) is 2.97. The molecular formula is C17H16ClN3O2. The molecule has 1 aliphatic heterocycles. The molecule has 0 N–H and O–H groups in total. The average molecular weight is 330 g/mol. The van der Waals surface area contributed by atoms with Gasteiger partial charge in [0.25, 0.3) is 5.56 Å². The van der Waals surface area contributed by atoms with E-state index in [1.54, 1.807) is 18.2 Å². The van der Waals surface area contributed by atoms with Crippen LogP contribution in [0.5, 0.6) is 0 Å². The Balaban J connectivity index is 1.55. The van der Waals surface area contributed by atoms with Gasteiger partial charge in [-0.15, -0.1) is 0 Å². The molecule has 1 aliphatic carbocycles. The van der Waals surface area contributed by atoms with Crippen LogP contribution in [0.3, 0.4) is 0 Å². The van der Waals surface area contributed by atoms with E-state index in [-0.39, 0.29) is 23.4 Å². The van der Waals surface area contributed by atoms with Gasteiger partial charge in [-0.25, -0.2) is 4.68 Å². The second-order valence-electron chi connectivity index (χ2n) is 6.18. The van der Waals surface area contributed by atoms with E-state index in [2.05, 4.69) is 5.10 Å². The summed E-state index contributed by atoms with van der Waals surface area (Å²) in [7, 11) is 0. The summed E-state index contributed by atoms with van der Waals surface area (Å²) in [6.07, 6.45) is 2.01. The van der Waals surface area contributed by atoms with Gasteiger partial charge in [-0.2, -0.15) is 5.10 Å². The van der Waals surface area contributed by atoms with Crippen molar-refractivity contribution < 1.29 is 4.79 Å². The largest absolute Gasteiger partial charge is 0.338 e. The van der Waals surface area contributed by atoms with Gasteiger partial charge in [-0.05, 0) is 31.0 Å². The molecule has 1 aromatic heterocycles. The van der Waals surface area contributed by atoms with E-state index in [1.807, 2.05) is 17.0 Å². The van der Waals surface area contributed by atoms with Crippen molar-refractivity contribution in [2.75, 3.05) is 13.1 Å². The minimum Gasteiger partial charge on any atom is -0.338 e. The van der Waals surface area contributed by atoms with Gasteiger partial charge in [0, 0.05) is 35.7 Å². The molecule has 1 saturated carbocycles. The minimum absolute atomic E-state index is 0.0301. The van der Waals surface area contributed by atoms with E-state index >= 15 is 0 Å². The lowest BCUT2D eigenvalue weighted by atomic mass is 10.1. The van der Waals surface area contributed by atoms with Crippen molar-refractivity contribution in [3.8, 4) is 11.3 Å². The third-order valence-corrected chi connectivity index (χ3v) is 4.66. The zero-order valence-corrected chi connectivity index (χ0v) is 13.2. The predicted molar refractivity (Wildman–Crippen MR) is 87.3 cm³/mol. The molecule has 1 aromatic carbocycles. The van der Waals surface area contributed by atoms with E-state index in [4.69, 9.17) is 11.6 Å². The van der Waals surface area contributed by atoms with Crippen LogP contribution in [0.15, 0.2) is 41.2 Å². The molecule has 2 heterocycles. The van der Waals surface area contributed by atoms with E-state index in [0.29, 0.717) is 18.1 Å². The Morgan fingerprint density at radius 2 is 1.78 bits per heavy atom. The van der Waals surface area contributed by atoms with Crippen molar-refractivity contribution in [3.05, 3.63) is 51.8 Å². The van der Waals surface area contributed by atoms with Crippen molar-refractivity contribution in [2.24, 2.45) is 5.92 Å². The van der Waals surface area contributed by atoms with Crippen molar-refractivity contribution in [1.82, 2.24) is 14.7 Å². The quantitative estimate of drug-likeness (QED) is 0.868. The Morgan fingerprint density at radius 3 is 2.43 bits per heavy atom. The van der Waals surface area contributed by atoms with Crippen LogP contribution in [0.2, 0.25) is 5.02 Å². The van der Waals surface area contributed by atoms with Crippen LogP contribution in [0.25, 0.3) is 11.3 Å². The molecule has 23 heavy (non-hydrogen) atoms. The Hall–Kier alpha value is -2.14. The summed E-state index contributed by atoms with van der Waals surface area (Å²) in [6.45, 7) is 1.15. The first-order valence-electron chi connectivity index (χ1n) is 7.76. The van der Waals surface area contributed by atoms with Crippen LogP contribution < -0.4 is 5.56 Å². The van der Waals surface area contributed by atoms with Crippen molar-refractivity contribution in [3.63, 3.8) is 0 Å². The summed E-state index contributed by atoms with van der Waals surface area (Å²) >= 11 is 5.90. The standard InChI is InChI=1S/C17H16ClN3O2/c18-13-5-3-11(4-6-13)15-7-8-16(22)21(19-15)14-9-20(10-14)17(23)12-1-2-12/h3-8,12,14H,1-2,9-10H2. The van der Waals surface area contributed by atoms with Crippen molar-refractivity contribution in [2.45, 2.75) is 18.9 Å². The number of rotatable bonds is 3. The SMILES string of the molecule is O=C(C1CC1)N1CC(n2nc(-c3ccc(Cl)cc3)ccc2=O)C1. The summed E-state index contributed by atoms with van der Waals surface area (Å²) in [4.78, 5) is 25.9. The molecule has 5 nitrogen and oxygen atoms in total. The van der Waals surface area contributed by atoms with Crippen LogP contribution in [0.4, 0.5) is 0 Å². The number of amides is 1. The maximum absolute atomic E-state index is 12.1. The first-order chi connectivity index (χ1) is 11.1. The van der Waals surface area contributed by atoms with Gasteiger partial charge in [0.05, 0.1) is 11.7 Å². The molecule has 2 fully saturated rings. The molecule has 6 heteroatoms. The van der Waals surface area contributed by atoms with E-state index in [0.717, 1.165) is 24.1 Å². The molecule has 2 aliphatic rings. The van der Waals surface area contributed by atoms with Gasteiger partial charge in [0.1, 0.15) is 0 Å². The van der Waals surface area contributed by atoms with Gasteiger partial charge in [-0.3, -0.25) is 9.59 Å². The van der Waals surface area contributed by atoms with Crippen LogP contribution in [0.1, 0.15) is 18.9 Å². The highest BCUT2D eigenvalue weighted by molar-refractivity contribution is 6.30. The molecule has 2 aromatic rings. The zero-order chi connectivity index (χ0) is 16.0. The third-order valence-electron chi connectivity index (χ3n) is 4.41. The molecule has 0 spiro atoms. The van der Waals surface area contributed by atoms with Gasteiger partial charge >= 0.3 is 0 Å². The Morgan fingerprint density at radius 1 is 1.09 bits per heavy atom. The van der Waals surface area contributed by atoms with Crippen molar-refractivity contribution in [1.29, 1.82) is 0 Å². The molecule has 4 rings (SSSR count). The number of nitrogens with zero attached hydrogens (tertiary/aromatic N) is 3. The number of carbonyl (C=O) groups is 1. The molecule has 0 atom stereocenters. The topological polar surface area (TPSA) is 55.2 Å². The van der Waals surface area contributed by atoms with Gasteiger partial charge in [-0.1, -0.05) is 23.7 Å². The lowest BCUT2D eigenvalue weighted by molar-refractivity contribution is -0.138. The molecule has 1 saturated heterocycles. The van der Waals surface area contributed by atoms with Gasteiger partial charge < -0.3 is 4.90 Å². The number of carbonyl (C=O) groups excluding carboxylic acids is 1. The Bertz CT molecular complexity index is 805. The van der Waals surface area contributed by atoms with Crippen molar-refractivity contribution >= 4 is 17.5 Å². The summed E-state index contributed by atoms with van der Waals surface area (Å²) < 4.78 is 1.50. The number of benzene rings is 1. The molecule has 0 radical (unpaired) electrons. The fourth-order valence-electron chi connectivity index (χ4n) is 2.84. The van der Waals surface area contributed by atoms with Crippen LogP contribution in [-0.4, -0.2) is 33.7 Å². The third kappa shape index (κ3) is 2.77. The second-order valence-corrected chi connectivity index (χ2v) is 6.62.